The Balaban J connectivity index is 1.40. The van der Waals surface area contributed by atoms with E-state index in [9.17, 15) is 14.4 Å². The SMILES string of the molecule is COC(=O)c1c(NC(=O)C(=O)NN=C(C)c2ccc(OCc3ccc(C)cc3)c(OC)c2)sc2c1CCC2. The number of anilines is 1. The number of benzene rings is 2. The molecule has 2 aromatic carbocycles. The van der Waals surface area contributed by atoms with Gasteiger partial charge in [0.15, 0.2) is 11.5 Å². The quantitative estimate of drug-likeness (QED) is 0.191. The summed E-state index contributed by atoms with van der Waals surface area (Å²) in [6.45, 7) is 4.11. The van der Waals surface area contributed by atoms with Gasteiger partial charge in [-0.1, -0.05) is 29.8 Å². The first-order valence-corrected chi connectivity index (χ1v) is 12.9. The van der Waals surface area contributed by atoms with E-state index in [0.717, 1.165) is 35.3 Å². The third-order valence-electron chi connectivity index (χ3n) is 6.17. The molecule has 0 saturated carbocycles. The zero-order chi connectivity index (χ0) is 27.2. The van der Waals surface area contributed by atoms with Crippen LogP contribution < -0.4 is 20.2 Å². The summed E-state index contributed by atoms with van der Waals surface area (Å²) in [7, 11) is 2.83. The van der Waals surface area contributed by atoms with Crippen LogP contribution in [0.1, 0.15) is 50.8 Å². The van der Waals surface area contributed by atoms with Gasteiger partial charge >= 0.3 is 17.8 Å². The molecule has 2 amide bonds. The van der Waals surface area contributed by atoms with Gasteiger partial charge in [0.25, 0.3) is 0 Å². The Kier molecular flexibility index (Phi) is 8.42. The van der Waals surface area contributed by atoms with Gasteiger partial charge in [-0.15, -0.1) is 11.3 Å². The lowest BCUT2D eigenvalue weighted by molar-refractivity contribution is -0.136. The van der Waals surface area contributed by atoms with Gasteiger partial charge in [-0.2, -0.15) is 5.10 Å². The molecule has 0 fully saturated rings. The highest BCUT2D eigenvalue weighted by atomic mass is 32.1. The van der Waals surface area contributed by atoms with E-state index in [0.29, 0.717) is 39.9 Å². The van der Waals surface area contributed by atoms with Gasteiger partial charge in [0.2, 0.25) is 0 Å². The fraction of sp³-hybridized carbons (Fsp3) is 0.286. The van der Waals surface area contributed by atoms with E-state index in [2.05, 4.69) is 15.8 Å². The normalized spacial score (nSPS) is 12.5. The zero-order valence-electron chi connectivity index (χ0n) is 21.7. The first kappa shape index (κ1) is 26.9. The van der Waals surface area contributed by atoms with Crippen LogP contribution in [0.2, 0.25) is 0 Å². The molecule has 0 aliphatic heterocycles. The van der Waals surface area contributed by atoms with E-state index >= 15 is 0 Å². The van der Waals surface area contributed by atoms with Crippen LogP contribution in [0, 0.1) is 6.92 Å². The molecule has 38 heavy (non-hydrogen) atoms. The minimum atomic E-state index is -0.959. The van der Waals surface area contributed by atoms with Crippen molar-refractivity contribution in [3.63, 3.8) is 0 Å². The maximum atomic E-state index is 12.5. The summed E-state index contributed by atoms with van der Waals surface area (Å²) in [5.74, 6) is -1.34. The number of carbonyl (C=O) groups excluding carboxylic acids is 3. The number of nitrogens with zero attached hydrogens (tertiary/aromatic N) is 1. The van der Waals surface area contributed by atoms with E-state index in [1.807, 2.05) is 31.2 Å². The average molecular weight is 536 g/mol. The molecule has 0 radical (unpaired) electrons. The molecule has 0 spiro atoms. The number of ether oxygens (including phenoxy) is 3. The number of thiophene rings is 1. The van der Waals surface area contributed by atoms with Gasteiger partial charge in [0.1, 0.15) is 11.6 Å². The number of rotatable bonds is 8. The molecule has 0 unspecified atom stereocenters. The van der Waals surface area contributed by atoms with E-state index < -0.39 is 17.8 Å². The average Bonchev–Trinajstić information content (AvgIpc) is 3.51. The molecule has 9 nitrogen and oxygen atoms in total. The Morgan fingerprint density at radius 3 is 2.47 bits per heavy atom. The predicted octanol–water partition coefficient (Wildman–Crippen LogP) is 4.40. The first-order valence-electron chi connectivity index (χ1n) is 12.1. The Morgan fingerprint density at radius 2 is 1.76 bits per heavy atom. The summed E-state index contributed by atoms with van der Waals surface area (Å²) in [5.41, 5.74) is 6.82. The minimum absolute atomic E-state index is 0.313. The lowest BCUT2D eigenvalue weighted by Crippen LogP contribution is -2.33. The van der Waals surface area contributed by atoms with Crippen LogP contribution in [0.25, 0.3) is 0 Å². The van der Waals surface area contributed by atoms with E-state index in [-0.39, 0.29) is 0 Å². The van der Waals surface area contributed by atoms with Gasteiger partial charge in [0.05, 0.1) is 25.5 Å². The van der Waals surface area contributed by atoms with Crippen LogP contribution in [0.5, 0.6) is 11.5 Å². The van der Waals surface area contributed by atoms with E-state index in [1.54, 1.807) is 32.2 Å². The number of nitrogens with one attached hydrogen (secondary N) is 2. The highest BCUT2D eigenvalue weighted by Gasteiger charge is 2.29. The topological polar surface area (TPSA) is 115 Å². The fourth-order valence-electron chi connectivity index (χ4n) is 4.08. The second kappa shape index (κ2) is 11.9. The Hall–Kier alpha value is -4.18. The minimum Gasteiger partial charge on any atom is -0.493 e. The van der Waals surface area contributed by atoms with Crippen molar-refractivity contribution in [3.05, 3.63) is 75.2 Å². The Bertz CT molecular complexity index is 1390. The summed E-state index contributed by atoms with van der Waals surface area (Å²) in [6, 6.07) is 13.4. The highest BCUT2D eigenvalue weighted by molar-refractivity contribution is 7.17. The van der Waals surface area contributed by atoms with E-state index in [1.165, 1.54) is 24.0 Å². The highest BCUT2D eigenvalue weighted by Crippen LogP contribution is 2.39. The van der Waals surface area contributed by atoms with Crippen molar-refractivity contribution < 1.29 is 28.6 Å². The van der Waals surface area contributed by atoms with Crippen LogP contribution >= 0.6 is 11.3 Å². The van der Waals surface area contributed by atoms with Crippen molar-refractivity contribution in [2.45, 2.75) is 39.7 Å². The molecular weight excluding hydrogens is 506 g/mol. The maximum absolute atomic E-state index is 12.5. The number of aryl methyl sites for hydroxylation is 2. The summed E-state index contributed by atoms with van der Waals surface area (Å²) in [6.07, 6.45) is 2.51. The van der Waals surface area contributed by atoms with Crippen molar-refractivity contribution >= 4 is 39.8 Å². The number of hydrazone groups is 1. The smallest absolute Gasteiger partial charge is 0.341 e. The Morgan fingerprint density at radius 1 is 1.00 bits per heavy atom. The number of esters is 1. The predicted molar refractivity (Wildman–Crippen MR) is 145 cm³/mol. The fourth-order valence-corrected chi connectivity index (χ4v) is 5.35. The van der Waals surface area contributed by atoms with Crippen LogP contribution in [0.15, 0.2) is 47.6 Å². The standard InChI is InChI=1S/C28H29N3O6S/c1-16-8-10-18(11-9-16)15-37-21-13-12-19(14-22(21)35-3)17(2)30-31-26(33)25(32)29-27-24(28(34)36-4)20-6-5-7-23(20)38-27/h8-14H,5-7,15H2,1-4H3,(H,29,32)(H,31,33). The second-order valence-corrected chi connectivity index (χ2v) is 9.89. The summed E-state index contributed by atoms with van der Waals surface area (Å²) in [5, 5.41) is 6.91. The first-order chi connectivity index (χ1) is 18.3. The van der Waals surface area contributed by atoms with Gasteiger partial charge in [-0.05, 0) is 62.4 Å². The zero-order valence-corrected chi connectivity index (χ0v) is 22.5. The molecule has 0 bridgehead atoms. The van der Waals surface area contributed by atoms with Crippen molar-refractivity contribution in [2.24, 2.45) is 5.10 Å². The molecule has 4 rings (SSSR count). The Labute approximate surface area is 224 Å². The largest absolute Gasteiger partial charge is 0.493 e. The molecule has 198 valence electrons. The van der Waals surface area contributed by atoms with Gasteiger partial charge in [-0.25, -0.2) is 10.2 Å². The van der Waals surface area contributed by atoms with Crippen molar-refractivity contribution in [1.82, 2.24) is 5.43 Å². The number of amides is 2. The molecule has 0 atom stereocenters. The second-order valence-electron chi connectivity index (χ2n) is 8.79. The third kappa shape index (κ3) is 6.03. The summed E-state index contributed by atoms with van der Waals surface area (Å²) >= 11 is 1.29. The van der Waals surface area contributed by atoms with Crippen LogP contribution in [-0.4, -0.2) is 37.7 Å². The van der Waals surface area contributed by atoms with Gasteiger partial charge in [-0.3, -0.25) is 9.59 Å². The number of hydrogen-bond donors (Lipinski definition) is 2. The molecule has 2 N–H and O–H groups in total. The molecule has 1 aromatic heterocycles. The molecule has 0 saturated heterocycles. The summed E-state index contributed by atoms with van der Waals surface area (Å²) < 4.78 is 16.3. The van der Waals surface area contributed by atoms with Crippen molar-refractivity contribution in [3.8, 4) is 11.5 Å². The lowest BCUT2D eigenvalue weighted by atomic mass is 10.1. The molecule has 10 heteroatoms. The van der Waals surface area contributed by atoms with Crippen LogP contribution in [0.3, 0.4) is 0 Å². The molecule has 1 aliphatic rings. The lowest BCUT2D eigenvalue weighted by Gasteiger charge is -2.12. The maximum Gasteiger partial charge on any atom is 0.341 e. The number of carbonyl (C=O) groups is 3. The number of methoxy groups -OCH3 is 2. The van der Waals surface area contributed by atoms with Crippen LogP contribution in [-0.2, 0) is 33.8 Å². The summed E-state index contributed by atoms with van der Waals surface area (Å²) in [4.78, 5) is 38.3. The van der Waals surface area contributed by atoms with Crippen molar-refractivity contribution in [2.75, 3.05) is 19.5 Å². The number of fused-ring (bicyclic) bond motifs is 1. The molecular formula is C28H29N3O6S. The molecule has 1 heterocycles. The number of hydrogen-bond acceptors (Lipinski definition) is 8. The van der Waals surface area contributed by atoms with Gasteiger partial charge < -0.3 is 19.5 Å². The van der Waals surface area contributed by atoms with E-state index in [4.69, 9.17) is 14.2 Å². The van der Waals surface area contributed by atoms with Crippen molar-refractivity contribution in [1.29, 1.82) is 0 Å². The van der Waals surface area contributed by atoms with Gasteiger partial charge in [0, 0.05) is 10.4 Å². The molecule has 3 aromatic rings. The van der Waals surface area contributed by atoms with Crippen LogP contribution in [0.4, 0.5) is 5.00 Å². The third-order valence-corrected chi connectivity index (χ3v) is 7.37. The monoisotopic (exact) mass is 535 g/mol. The molecule has 1 aliphatic carbocycles.